The van der Waals surface area contributed by atoms with Crippen LogP contribution in [0.3, 0.4) is 0 Å². The molecule has 0 spiro atoms. The molecule has 0 saturated carbocycles. The van der Waals surface area contributed by atoms with Gasteiger partial charge in [0.25, 0.3) is 0 Å². The normalized spacial score (nSPS) is 24.9. The van der Waals surface area contributed by atoms with Gasteiger partial charge in [0.15, 0.2) is 5.82 Å². The van der Waals surface area contributed by atoms with E-state index in [1.165, 1.54) is 0 Å². The molecule has 1 aromatic rings. The van der Waals surface area contributed by atoms with Gasteiger partial charge in [0.1, 0.15) is 0 Å². The lowest BCUT2D eigenvalue weighted by Crippen LogP contribution is -2.44. The molecule has 2 atom stereocenters. The molecule has 1 aliphatic rings. The third-order valence-electron chi connectivity index (χ3n) is 3.29. The van der Waals surface area contributed by atoms with Crippen molar-refractivity contribution in [3.8, 4) is 0 Å². The lowest BCUT2D eigenvalue weighted by Gasteiger charge is -2.37. The van der Waals surface area contributed by atoms with Crippen LogP contribution >= 0.6 is 0 Å². The fourth-order valence-electron chi connectivity index (χ4n) is 2.31. The highest BCUT2D eigenvalue weighted by Gasteiger charge is 2.28. The average Bonchev–Trinajstić information content (AvgIpc) is 2.33. The van der Waals surface area contributed by atoms with Crippen molar-refractivity contribution >= 4 is 11.5 Å². The molecule has 3 N–H and O–H groups in total. The Morgan fingerprint density at radius 2 is 2.41 bits per heavy atom. The molecule has 5 heteroatoms. The van der Waals surface area contributed by atoms with Gasteiger partial charge in [0.2, 0.25) is 0 Å². The fraction of sp³-hybridized carbons (Fsp3) is 0.583. The Hall–Kier alpha value is -1.36. The Balaban J connectivity index is 2.10. The number of aromatic nitrogens is 1. The van der Waals surface area contributed by atoms with Gasteiger partial charge >= 0.3 is 0 Å². The van der Waals surface area contributed by atoms with Gasteiger partial charge in [-0.3, -0.25) is 4.39 Å². The molecule has 1 aliphatic heterocycles. The zero-order valence-electron chi connectivity index (χ0n) is 9.72. The van der Waals surface area contributed by atoms with Crippen molar-refractivity contribution in [3.63, 3.8) is 0 Å². The van der Waals surface area contributed by atoms with Crippen LogP contribution in [0.2, 0.25) is 0 Å². The first-order valence-corrected chi connectivity index (χ1v) is 5.92. The number of rotatable bonds is 3. The summed E-state index contributed by atoms with van der Waals surface area (Å²) in [5.41, 5.74) is 6.49. The lowest BCUT2D eigenvalue weighted by atomic mass is 9.92. The number of nitrogen functional groups attached to an aromatic ring is 1. The van der Waals surface area contributed by atoms with Crippen LogP contribution in [0.1, 0.15) is 12.8 Å². The van der Waals surface area contributed by atoms with E-state index in [-0.39, 0.29) is 5.92 Å². The van der Waals surface area contributed by atoms with Gasteiger partial charge in [-0.15, -0.1) is 0 Å². The van der Waals surface area contributed by atoms with Crippen molar-refractivity contribution in [2.75, 3.05) is 30.4 Å². The molecule has 0 unspecified atom stereocenters. The molecular formula is C12H18FN3O. The monoisotopic (exact) mass is 239 g/mol. The molecule has 0 aliphatic carbocycles. The van der Waals surface area contributed by atoms with E-state index in [4.69, 9.17) is 5.73 Å². The van der Waals surface area contributed by atoms with E-state index < -0.39 is 12.8 Å². The van der Waals surface area contributed by atoms with Gasteiger partial charge in [-0.2, -0.15) is 0 Å². The lowest BCUT2D eigenvalue weighted by molar-refractivity contribution is 0.0793. The minimum atomic E-state index is -0.410. The summed E-state index contributed by atoms with van der Waals surface area (Å²) in [5.74, 6) is 0.707. The maximum atomic E-state index is 12.4. The number of alkyl halides is 1. The molecule has 1 fully saturated rings. The van der Waals surface area contributed by atoms with E-state index in [1.807, 2.05) is 4.90 Å². The third-order valence-corrected chi connectivity index (χ3v) is 3.29. The molecule has 2 heterocycles. The van der Waals surface area contributed by atoms with Gasteiger partial charge < -0.3 is 15.7 Å². The van der Waals surface area contributed by atoms with Crippen LogP contribution in [0, 0.1) is 5.92 Å². The number of aliphatic hydroxyl groups is 1. The largest absolute Gasteiger partial charge is 0.396 e. The highest BCUT2D eigenvalue weighted by molar-refractivity contribution is 5.62. The fourth-order valence-corrected chi connectivity index (χ4v) is 2.31. The summed E-state index contributed by atoms with van der Waals surface area (Å²) in [6.45, 7) is 0.935. The predicted octanol–water partition coefficient (Wildman–Crippen LogP) is 1.21. The summed E-state index contributed by atoms with van der Waals surface area (Å²) in [6, 6.07) is 3.59. The molecule has 0 aromatic carbocycles. The van der Waals surface area contributed by atoms with Crippen molar-refractivity contribution in [1.29, 1.82) is 0 Å². The van der Waals surface area contributed by atoms with Crippen molar-refractivity contribution in [2.24, 2.45) is 5.92 Å². The molecule has 0 radical (unpaired) electrons. The van der Waals surface area contributed by atoms with Gasteiger partial charge in [-0.1, -0.05) is 0 Å². The Morgan fingerprint density at radius 3 is 3.12 bits per heavy atom. The Bertz CT molecular complexity index is 375. The van der Waals surface area contributed by atoms with Crippen LogP contribution in [-0.4, -0.2) is 36.0 Å². The smallest absolute Gasteiger partial charge is 0.151 e. The third kappa shape index (κ3) is 2.66. The van der Waals surface area contributed by atoms with E-state index in [2.05, 4.69) is 4.98 Å². The standard InChI is InChI=1S/C12H18FN3O/c13-5-3-9-8-16(7-4-11(9)17)12-10(14)2-1-6-15-12/h1-2,6,9,11,17H,3-5,7-8,14H2/t9-,11+/m1/s1. The molecule has 1 saturated heterocycles. The van der Waals surface area contributed by atoms with Crippen LogP contribution in [-0.2, 0) is 0 Å². The number of aliphatic hydroxyl groups excluding tert-OH is 1. The summed E-state index contributed by atoms with van der Waals surface area (Å²) in [6.07, 6.45) is 2.32. The number of nitrogens with zero attached hydrogens (tertiary/aromatic N) is 2. The average molecular weight is 239 g/mol. The summed E-state index contributed by atoms with van der Waals surface area (Å²) < 4.78 is 12.4. The molecule has 94 valence electrons. The number of hydrogen-bond donors (Lipinski definition) is 2. The van der Waals surface area contributed by atoms with Crippen molar-refractivity contribution < 1.29 is 9.50 Å². The van der Waals surface area contributed by atoms with Crippen molar-refractivity contribution in [3.05, 3.63) is 18.3 Å². The van der Waals surface area contributed by atoms with Gasteiger partial charge in [-0.05, 0) is 25.0 Å². The summed E-state index contributed by atoms with van der Waals surface area (Å²) in [7, 11) is 0. The number of hydrogen-bond acceptors (Lipinski definition) is 4. The molecule has 4 nitrogen and oxygen atoms in total. The van der Waals surface area contributed by atoms with Crippen LogP contribution in [0.4, 0.5) is 15.9 Å². The Labute approximate surface area is 100 Å². The van der Waals surface area contributed by atoms with E-state index in [0.717, 1.165) is 5.82 Å². The van der Waals surface area contributed by atoms with E-state index in [9.17, 15) is 9.50 Å². The van der Waals surface area contributed by atoms with Crippen LogP contribution < -0.4 is 10.6 Å². The first-order valence-electron chi connectivity index (χ1n) is 5.92. The first kappa shape index (κ1) is 12.1. The molecule has 1 aromatic heterocycles. The van der Waals surface area contributed by atoms with E-state index in [1.54, 1.807) is 18.3 Å². The van der Waals surface area contributed by atoms with E-state index in [0.29, 0.717) is 31.6 Å². The number of pyridine rings is 1. The van der Waals surface area contributed by atoms with Crippen LogP contribution in [0.25, 0.3) is 0 Å². The second-order valence-corrected chi connectivity index (χ2v) is 4.46. The summed E-state index contributed by atoms with van der Waals surface area (Å²) in [4.78, 5) is 6.28. The zero-order chi connectivity index (χ0) is 12.3. The summed E-state index contributed by atoms with van der Waals surface area (Å²) >= 11 is 0. The Morgan fingerprint density at radius 1 is 1.59 bits per heavy atom. The van der Waals surface area contributed by atoms with Crippen molar-refractivity contribution in [1.82, 2.24) is 4.98 Å². The maximum Gasteiger partial charge on any atom is 0.151 e. The minimum Gasteiger partial charge on any atom is -0.396 e. The van der Waals surface area contributed by atoms with Gasteiger partial charge in [-0.25, -0.2) is 4.98 Å². The topological polar surface area (TPSA) is 62.4 Å². The molecule has 0 bridgehead atoms. The summed E-state index contributed by atoms with van der Waals surface area (Å²) in [5, 5.41) is 9.79. The predicted molar refractivity (Wildman–Crippen MR) is 65.6 cm³/mol. The number of piperidine rings is 1. The van der Waals surface area contributed by atoms with Crippen molar-refractivity contribution in [2.45, 2.75) is 18.9 Å². The highest BCUT2D eigenvalue weighted by atomic mass is 19.1. The second-order valence-electron chi connectivity index (χ2n) is 4.46. The Kier molecular flexibility index (Phi) is 3.78. The quantitative estimate of drug-likeness (QED) is 0.832. The second kappa shape index (κ2) is 5.31. The van der Waals surface area contributed by atoms with Gasteiger partial charge in [0.05, 0.1) is 18.5 Å². The number of halogens is 1. The molecular weight excluding hydrogens is 221 g/mol. The zero-order valence-corrected chi connectivity index (χ0v) is 9.72. The molecule has 0 amide bonds. The van der Waals surface area contributed by atoms with Crippen LogP contribution in [0.15, 0.2) is 18.3 Å². The highest BCUT2D eigenvalue weighted by Crippen LogP contribution is 2.27. The number of nitrogens with two attached hydrogens (primary N) is 1. The first-order chi connectivity index (χ1) is 8.22. The maximum absolute atomic E-state index is 12.4. The minimum absolute atomic E-state index is 0.0323. The molecule has 2 rings (SSSR count). The van der Waals surface area contributed by atoms with E-state index >= 15 is 0 Å². The van der Waals surface area contributed by atoms with Gasteiger partial charge in [0, 0.05) is 25.2 Å². The van der Waals surface area contributed by atoms with Crippen LogP contribution in [0.5, 0.6) is 0 Å². The number of anilines is 2. The SMILES string of the molecule is Nc1cccnc1N1CC[C@H](O)[C@H](CCF)C1. The molecule has 17 heavy (non-hydrogen) atoms.